The second-order valence-corrected chi connectivity index (χ2v) is 8.54. The number of anilines is 1. The Balaban J connectivity index is 1.53. The SMILES string of the molecule is COc1ccc(CNS(=O)(=O)c2ccc(NC(=S)NCc3ccncc3)cc2)cc1. The van der Waals surface area contributed by atoms with Crippen molar-refractivity contribution in [1.29, 1.82) is 0 Å². The maximum atomic E-state index is 12.5. The van der Waals surface area contributed by atoms with E-state index in [0.717, 1.165) is 16.9 Å². The average Bonchev–Trinajstić information content (AvgIpc) is 2.78. The third kappa shape index (κ3) is 6.24. The van der Waals surface area contributed by atoms with Crippen LogP contribution in [0.3, 0.4) is 0 Å². The molecule has 0 aliphatic heterocycles. The number of methoxy groups -OCH3 is 1. The number of benzene rings is 2. The third-order valence-corrected chi connectivity index (χ3v) is 5.91. The fraction of sp³-hybridized carbons (Fsp3) is 0.143. The van der Waals surface area contributed by atoms with Gasteiger partial charge in [0.15, 0.2) is 5.11 Å². The molecule has 156 valence electrons. The van der Waals surface area contributed by atoms with Crippen molar-refractivity contribution in [2.75, 3.05) is 12.4 Å². The van der Waals surface area contributed by atoms with Crippen LogP contribution in [0, 0.1) is 0 Å². The monoisotopic (exact) mass is 442 g/mol. The smallest absolute Gasteiger partial charge is 0.240 e. The Morgan fingerprint density at radius 1 is 0.933 bits per heavy atom. The van der Waals surface area contributed by atoms with E-state index in [1.165, 1.54) is 12.1 Å². The van der Waals surface area contributed by atoms with E-state index in [-0.39, 0.29) is 11.4 Å². The lowest BCUT2D eigenvalue weighted by Crippen LogP contribution is -2.28. The Morgan fingerprint density at radius 3 is 2.20 bits per heavy atom. The quantitative estimate of drug-likeness (QED) is 0.462. The molecule has 0 unspecified atom stereocenters. The minimum atomic E-state index is -3.63. The van der Waals surface area contributed by atoms with Crippen molar-refractivity contribution in [3.63, 3.8) is 0 Å². The summed E-state index contributed by atoms with van der Waals surface area (Å²) in [5, 5.41) is 6.57. The number of pyridine rings is 1. The molecule has 0 saturated carbocycles. The molecule has 2 aromatic carbocycles. The molecule has 0 fully saturated rings. The van der Waals surface area contributed by atoms with E-state index in [0.29, 0.717) is 17.3 Å². The molecule has 3 N–H and O–H groups in total. The maximum Gasteiger partial charge on any atom is 0.240 e. The molecule has 9 heteroatoms. The number of thiocarbonyl (C=S) groups is 1. The van der Waals surface area contributed by atoms with Gasteiger partial charge in [-0.1, -0.05) is 12.1 Å². The van der Waals surface area contributed by atoms with Gasteiger partial charge in [-0.25, -0.2) is 13.1 Å². The summed E-state index contributed by atoms with van der Waals surface area (Å²) in [7, 11) is -2.05. The summed E-state index contributed by atoms with van der Waals surface area (Å²) in [5.74, 6) is 0.720. The second-order valence-electron chi connectivity index (χ2n) is 6.36. The molecule has 0 spiro atoms. The Morgan fingerprint density at radius 2 is 1.57 bits per heavy atom. The molecular formula is C21H22N4O3S2. The summed E-state index contributed by atoms with van der Waals surface area (Å²) in [6.07, 6.45) is 3.44. The zero-order valence-corrected chi connectivity index (χ0v) is 18.0. The molecule has 0 saturated heterocycles. The van der Waals surface area contributed by atoms with Crippen molar-refractivity contribution in [3.8, 4) is 5.75 Å². The van der Waals surface area contributed by atoms with Gasteiger partial charge in [-0.3, -0.25) is 4.98 Å². The highest BCUT2D eigenvalue weighted by molar-refractivity contribution is 7.89. The van der Waals surface area contributed by atoms with Gasteiger partial charge in [0.1, 0.15) is 5.75 Å². The van der Waals surface area contributed by atoms with Crippen LogP contribution in [0.1, 0.15) is 11.1 Å². The molecule has 3 rings (SSSR count). The van der Waals surface area contributed by atoms with E-state index in [4.69, 9.17) is 17.0 Å². The van der Waals surface area contributed by atoms with Crippen molar-refractivity contribution < 1.29 is 13.2 Å². The van der Waals surface area contributed by atoms with Crippen LogP contribution in [0.15, 0.2) is 78.0 Å². The predicted octanol–water partition coefficient (Wildman–Crippen LogP) is 3.06. The van der Waals surface area contributed by atoms with Crippen molar-refractivity contribution in [1.82, 2.24) is 15.0 Å². The lowest BCUT2D eigenvalue weighted by atomic mass is 10.2. The van der Waals surface area contributed by atoms with Crippen LogP contribution in [-0.2, 0) is 23.1 Å². The molecule has 1 heterocycles. The summed E-state index contributed by atoms with van der Waals surface area (Å²) >= 11 is 5.28. The second kappa shape index (κ2) is 10.1. The molecule has 0 radical (unpaired) electrons. The Kier molecular flexibility index (Phi) is 7.34. The van der Waals surface area contributed by atoms with Gasteiger partial charge in [-0.15, -0.1) is 0 Å². The van der Waals surface area contributed by atoms with Crippen LogP contribution in [0.25, 0.3) is 0 Å². The molecule has 0 atom stereocenters. The number of nitrogens with one attached hydrogen (secondary N) is 3. The Labute approximate surface area is 181 Å². The fourth-order valence-electron chi connectivity index (χ4n) is 2.58. The lowest BCUT2D eigenvalue weighted by molar-refractivity contribution is 0.414. The van der Waals surface area contributed by atoms with Gasteiger partial charge in [-0.2, -0.15) is 0 Å². The predicted molar refractivity (Wildman–Crippen MR) is 121 cm³/mol. The van der Waals surface area contributed by atoms with Gasteiger partial charge in [0.25, 0.3) is 0 Å². The summed E-state index contributed by atoms with van der Waals surface area (Å²) in [6.45, 7) is 0.755. The zero-order chi connectivity index (χ0) is 21.4. The van der Waals surface area contributed by atoms with Gasteiger partial charge in [0.05, 0.1) is 12.0 Å². The number of nitrogens with zero attached hydrogens (tertiary/aromatic N) is 1. The van der Waals surface area contributed by atoms with Gasteiger partial charge < -0.3 is 15.4 Å². The third-order valence-electron chi connectivity index (χ3n) is 4.25. The van der Waals surface area contributed by atoms with Crippen molar-refractivity contribution in [3.05, 3.63) is 84.2 Å². The van der Waals surface area contributed by atoms with Gasteiger partial charge in [-0.05, 0) is 71.9 Å². The first-order valence-electron chi connectivity index (χ1n) is 9.13. The normalized spacial score (nSPS) is 11.0. The van der Waals surface area contributed by atoms with Gasteiger partial charge >= 0.3 is 0 Å². The van der Waals surface area contributed by atoms with Gasteiger partial charge in [0.2, 0.25) is 10.0 Å². The number of hydrogen-bond donors (Lipinski definition) is 3. The summed E-state index contributed by atoms with van der Waals surface area (Å²) in [4.78, 5) is 4.15. The molecule has 0 bridgehead atoms. The topological polar surface area (TPSA) is 92.3 Å². The number of hydrogen-bond acceptors (Lipinski definition) is 5. The molecule has 30 heavy (non-hydrogen) atoms. The number of sulfonamides is 1. The molecule has 1 aromatic heterocycles. The molecule has 0 aliphatic rings. The summed E-state index contributed by atoms with van der Waals surface area (Å²) in [6, 6.07) is 17.4. The zero-order valence-electron chi connectivity index (χ0n) is 16.3. The van der Waals surface area contributed by atoms with Crippen LogP contribution in [-0.4, -0.2) is 25.6 Å². The molecule has 0 amide bonds. The fourth-order valence-corrected chi connectivity index (χ4v) is 3.79. The van der Waals surface area contributed by atoms with Crippen LogP contribution < -0.4 is 20.1 Å². The number of ether oxygens (including phenoxy) is 1. The van der Waals surface area contributed by atoms with E-state index < -0.39 is 10.0 Å². The largest absolute Gasteiger partial charge is 0.497 e. The van der Waals surface area contributed by atoms with Crippen LogP contribution >= 0.6 is 12.2 Å². The summed E-state index contributed by atoms with van der Waals surface area (Å²) < 4.78 is 32.7. The van der Waals surface area contributed by atoms with Crippen LogP contribution in [0.4, 0.5) is 5.69 Å². The number of rotatable bonds is 8. The molecule has 3 aromatic rings. The van der Waals surface area contributed by atoms with Crippen molar-refractivity contribution in [2.45, 2.75) is 18.0 Å². The van der Waals surface area contributed by atoms with Crippen molar-refractivity contribution >= 4 is 33.0 Å². The standard InChI is InChI=1S/C21H22N4O3S2/c1-28-19-6-2-16(3-7-19)15-24-30(26,27)20-8-4-18(5-9-20)25-21(29)23-14-17-10-12-22-13-11-17/h2-13,24H,14-15H2,1H3,(H2,23,25,29). The first-order valence-corrected chi connectivity index (χ1v) is 11.0. The average molecular weight is 443 g/mol. The number of aromatic nitrogens is 1. The van der Waals surface area contributed by atoms with E-state index in [9.17, 15) is 8.42 Å². The van der Waals surface area contributed by atoms with Crippen LogP contribution in [0.5, 0.6) is 5.75 Å². The highest BCUT2D eigenvalue weighted by atomic mass is 32.2. The maximum absolute atomic E-state index is 12.5. The van der Waals surface area contributed by atoms with Gasteiger partial charge in [0, 0.05) is 31.2 Å². The van der Waals surface area contributed by atoms with E-state index in [1.54, 1.807) is 43.8 Å². The first kappa shape index (κ1) is 21.7. The minimum Gasteiger partial charge on any atom is -0.497 e. The molecule has 7 nitrogen and oxygen atoms in total. The highest BCUT2D eigenvalue weighted by Crippen LogP contribution is 2.16. The Hall–Kier alpha value is -3.01. The molecule has 0 aliphatic carbocycles. The first-order chi connectivity index (χ1) is 14.5. The Bertz CT molecular complexity index is 1070. The summed E-state index contributed by atoms with van der Waals surface area (Å²) in [5.41, 5.74) is 2.58. The minimum absolute atomic E-state index is 0.178. The lowest BCUT2D eigenvalue weighted by Gasteiger charge is -2.12. The van der Waals surface area contributed by atoms with Crippen molar-refractivity contribution in [2.24, 2.45) is 0 Å². The van der Waals surface area contributed by atoms with Crippen LogP contribution in [0.2, 0.25) is 0 Å². The van der Waals surface area contributed by atoms with E-state index in [1.807, 2.05) is 24.3 Å². The van der Waals surface area contributed by atoms with E-state index in [2.05, 4.69) is 20.3 Å². The molecular weight excluding hydrogens is 420 g/mol. The van der Waals surface area contributed by atoms with E-state index >= 15 is 0 Å². The highest BCUT2D eigenvalue weighted by Gasteiger charge is 2.13.